The van der Waals surface area contributed by atoms with Gasteiger partial charge in [-0.05, 0) is 99.3 Å². The molecule has 60 heavy (non-hydrogen) atoms. The molecule has 0 saturated carbocycles. The van der Waals surface area contributed by atoms with Crippen LogP contribution in [-0.2, 0) is 0 Å². The summed E-state index contributed by atoms with van der Waals surface area (Å²) in [4.78, 5) is 2.34. The molecule has 0 amide bonds. The smallest absolute Gasteiger partial charge is 0.0555 e. The maximum absolute atomic E-state index is 4.18. The Kier molecular flexibility index (Phi) is 11.1. The molecule has 9 aromatic rings. The second kappa shape index (κ2) is 17.7. The van der Waals surface area contributed by atoms with Crippen LogP contribution in [0, 0.1) is 0 Å². The van der Waals surface area contributed by atoms with E-state index in [1.165, 1.54) is 27.5 Å². The number of rotatable bonds is 12. The van der Waals surface area contributed by atoms with Crippen LogP contribution in [0.4, 0.5) is 17.1 Å². The molecule has 0 fully saturated rings. The zero-order valence-electron chi connectivity index (χ0n) is 33.4. The van der Waals surface area contributed by atoms with Crippen molar-refractivity contribution in [2.75, 3.05) is 11.4 Å². The van der Waals surface area contributed by atoms with Crippen LogP contribution < -0.4 is 20.8 Å². The highest BCUT2D eigenvalue weighted by atomic mass is 15.1. The lowest BCUT2D eigenvalue weighted by Crippen LogP contribution is -2.30. The lowest BCUT2D eigenvalue weighted by Gasteiger charge is -2.26. The van der Waals surface area contributed by atoms with E-state index in [1.54, 1.807) is 0 Å². The molecule has 1 N–H and O–H groups in total. The topological polar surface area (TPSA) is 20.2 Å². The molecule has 0 atom stereocenters. The van der Waals surface area contributed by atoms with E-state index in [0.29, 0.717) is 6.54 Å². The maximum Gasteiger partial charge on any atom is 0.0555 e. The number of hydrogen-bond acceptors (Lipinski definition) is 2. The number of benzene rings is 8. The zero-order chi connectivity index (χ0) is 40.5. The van der Waals surface area contributed by atoms with Crippen LogP contribution in [0.3, 0.4) is 0 Å². The molecule has 0 spiro atoms. The largest absolute Gasteiger partial charge is 0.387 e. The van der Waals surface area contributed by atoms with Gasteiger partial charge in [0.15, 0.2) is 0 Å². The number of aromatic nitrogens is 1. The molecule has 3 heteroatoms. The molecule has 0 unspecified atom stereocenters. The molecule has 1 heterocycles. The molecule has 0 radical (unpaired) electrons. The van der Waals surface area contributed by atoms with Gasteiger partial charge in [0.2, 0.25) is 0 Å². The molecular weight excluding hydrogens is 727 g/mol. The van der Waals surface area contributed by atoms with E-state index in [1.807, 2.05) is 12.1 Å². The van der Waals surface area contributed by atoms with Gasteiger partial charge >= 0.3 is 0 Å². The molecule has 288 valence electrons. The molecule has 8 aromatic carbocycles. The van der Waals surface area contributed by atoms with Gasteiger partial charge in [-0.1, -0.05) is 183 Å². The summed E-state index contributed by atoms with van der Waals surface area (Å²) in [5, 5.41) is 9.37. The van der Waals surface area contributed by atoms with Gasteiger partial charge in [-0.2, -0.15) is 0 Å². The van der Waals surface area contributed by atoms with Gasteiger partial charge in [0.05, 0.1) is 10.9 Å². The van der Waals surface area contributed by atoms with Gasteiger partial charge in [0.25, 0.3) is 0 Å². The zero-order valence-corrected chi connectivity index (χ0v) is 33.4. The first-order chi connectivity index (χ1) is 29.7. The number of allylic oxidation sites excluding steroid dienone is 3. The van der Waals surface area contributed by atoms with E-state index in [4.69, 9.17) is 0 Å². The first-order valence-electron chi connectivity index (χ1n) is 20.4. The SMILES string of the molecule is C=C/C=c1\c(=C/NC/C=C(\C=C/c2ccccc2)c2ccccc2)c2cc(N(c3ccccc3)c3ccc(-c4ccccc4)cc3)ccc2n1-c1ccc2ccccc2c1. The van der Waals surface area contributed by atoms with Crippen LogP contribution in [0.5, 0.6) is 0 Å². The standard InChI is InChI=1S/C57H45N3/c1-2-17-56-55(42-58-39-38-48(45-22-11-5-12-23-45)29-28-43-18-7-3-8-19-43)54-41-53(36-37-57(54)60(56)52-35-32-46-24-15-16-25-49(46)40-52)59(50-26-13-6-14-27-50)51-33-30-47(31-34-51)44-20-9-4-10-21-44/h2-38,40-42,58H,1,39H2/b29-28-,48-38+,55-42-,56-17+. The number of hydrogen-bond donors (Lipinski definition) is 1. The molecule has 9 rings (SSSR count). The van der Waals surface area contributed by atoms with Gasteiger partial charge in [-0.3, -0.25) is 0 Å². The lowest BCUT2D eigenvalue weighted by atomic mass is 10.0. The van der Waals surface area contributed by atoms with Crippen molar-refractivity contribution in [2.45, 2.75) is 0 Å². The summed E-state index contributed by atoms with van der Waals surface area (Å²) >= 11 is 0. The van der Waals surface area contributed by atoms with E-state index in [9.17, 15) is 0 Å². The fourth-order valence-corrected chi connectivity index (χ4v) is 7.93. The van der Waals surface area contributed by atoms with Crippen molar-refractivity contribution < 1.29 is 0 Å². The minimum absolute atomic E-state index is 0.628. The predicted octanol–water partition coefficient (Wildman–Crippen LogP) is 13.0. The average Bonchev–Trinajstić information content (AvgIpc) is 3.62. The van der Waals surface area contributed by atoms with Crippen molar-refractivity contribution in [1.29, 1.82) is 0 Å². The molecule has 1 aromatic heterocycles. The lowest BCUT2D eigenvalue weighted by molar-refractivity contribution is 1.03. The summed E-state index contributed by atoms with van der Waals surface area (Å²) in [6.45, 7) is 4.80. The van der Waals surface area contributed by atoms with Gasteiger partial charge in [-0.15, -0.1) is 0 Å². The van der Waals surface area contributed by atoms with Crippen molar-refractivity contribution in [2.24, 2.45) is 0 Å². The van der Waals surface area contributed by atoms with E-state index in [0.717, 1.165) is 55.4 Å². The molecule has 0 aliphatic heterocycles. The summed E-state index contributed by atoms with van der Waals surface area (Å²) in [6.07, 6.45) is 12.8. The van der Waals surface area contributed by atoms with Crippen molar-refractivity contribution in [3.63, 3.8) is 0 Å². The highest BCUT2D eigenvalue weighted by molar-refractivity contribution is 5.92. The maximum atomic E-state index is 4.18. The number of nitrogens with zero attached hydrogens (tertiary/aromatic N) is 2. The highest BCUT2D eigenvalue weighted by Crippen LogP contribution is 2.37. The van der Waals surface area contributed by atoms with Gasteiger partial charge in [-0.25, -0.2) is 0 Å². The third-order valence-electron chi connectivity index (χ3n) is 10.8. The molecule has 3 nitrogen and oxygen atoms in total. The van der Waals surface area contributed by atoms with Crippen molar-refractivity contribution in [3.8, 4) is 16.8 Å². The fraction of sp³-hybridized carbons (Fsp3) is 0.0175. The van der Waals surface area contributed by atoms with E-state index in [-0.39, 0.29) is 0 Å². The number of fused-ring (bicyclic) bond motifs is 2. The van der Waals surface area contributed by atoms with Crippen LogP contribution in [0.2, 0.25) is 0 Å². The van der Waals surface area contributed by atoms with Crippen molar-refractivity contribution >= 4 is 62.7 Å². The Hall–Kier alpha value is -7.88. The Morgan fingerprint density at radius 2 is 1.18 bits per heavy atom. The number of anilines is 3. The molecule has 0 saturated heterocycles. The van der Waals surface area contributed by atoms with Crippen LogP contribution in [-0.4, -0.2) is 11.1 Å². The molecule has 0 aliphatic carbocycles. The second-order valence-corrected chi connectivity index (χ2v) is 14.7. The number of nitrogens with one attached hydrogen (secondary N) is 1. The second-order valence-electron chi connectivity index (χ2n) is 14.7. The normalized spacial score (nSPS) is 12.4. The Bertz CT molecular complexity index is 3070. The quantitative estimate of drug-likeness (QED) is 0.0986. The molecule has 0 bridgehead atoms. The Morgan fingerprint density at radius 1 is 0.567 bits per heavy atom. The Morgan fingerprint density at radius 3 is 1.92 bits per heavy atom. The van der Waals surface area contributed by atoms with Gasteiger partial charge in [0, 0.05) is 46.1 Å². The predicted molar refractivity (Wildman–Crippen MR) is 257 cm³/mol. The Labute approximate surface area is 352 Å². The first-order valence-corrected chi connectivity index (χ1v) is 20.4. The monoisotopic (exact) mass is 771 g/mol. The fourth-order valence-electron chi connectivity index (χ4n) is 7.93. The van der Waals surface area contributed by atoms with E-state index in [2.05, 4.69) is 252 Å². The Balaban J connectivity index is 1.19. The summed E-state index contributed by atoms with van der Waals surface area (Å²) in [5.74, 6) is 0. The highest BCUT2D eigenvalue weighted by Gasteiger charge is 2.17. The molecular formula is C57H45N3. The summed E-state index contributed by atoms with van der Waals surface area (Å²) in [7, 11) is 0. The van der Waals surface area contributed by atoms with Gasteiger partial charge in [0.1, 0.15) is 0 Å². The third-order valence-corrected chi connectivity index (χ3v) is 10.8. The summed E-state index contributed by atoms with van der Waals surface area (Å²) < 4.78 is 2.36. The van der Waals surface area contributed by atoms with Crippen LogP contribution in [0.1, 0.15) is 11.1 Å². The summed E-state index contributed by atoms with van der Waals surface area (Å²) in [5.41, 5.74) is 11.3. The van der Waals surface area contributed by atoms with Crippen molar-refractivity contribution in [3.05, 3.63) is 253 Å². The third kappa shape index (κ3) is 8.11. The van der Waals surface area contributed by atoms with Crippen LogP contribution >= 0.6 is 0 Å². The van der Waals surface area contributed by atoms with Gasteiger partial charge < -0.3 is 14.8 Å². The van der Waals surface area contributed by atoms with Crippen LogP contribution in [0.15, 0.2) is 231 Å². The van der Waals surface area contributed by atoms with E-state index < -0.39 is 0 Å². The first kappa shape index (κ1) is 37.7. The average molecular weight is 772 g/mol. The summed E-state index contributed by atoms with van der Waals surface area (Å²) in [6, 6.07) is 73.0. The van der Waals surface area contributed by atoms with E-state index >= 15 is 0 Å². The van der Waals surface area contributed by atoms with Crippen molar-refractivity contribution in [1.82, 2.24) is 9.88 Å². The minimum Gasteiger partial charge on any atom is -0.387 e. The minimum atomic E-state index is 0.628. The number of para-hydroxylation sites is 1. The van der Waals surface area contributed by atoms with Crippen LogP contribution in [0.25, 0.3) is 62.4 Å². The molecule has 0 aliphatic rings.